The van der Waals surface area contributed by atoms with Crippen molar-refractivity contribution in [2.24, 2.45) is 0 Å². The minimum Gasteiger partial charge on any atom is -0.399 e. The Hall–Kier alpha value is -2.04. The van der Waals surface area contributed by atoms with E-state index in [2.05, 4.69) is 9.71 Å². The van der Waals surface area contributed by atoms with Gasteiger partial charge in [0.25, 0.3) is 5.69 Å². The van der Waals surface area contributed by atoms with Crippen LogP contribution in [-0.4, -0.2) is 18.3 Å². The van der Waals surface area contributed by atoms with Gasteiger partial charge < -0.3 is 5.73 Å². The number of aromatic nitrogens is 1. The van der Waals surface area contributed by atoms with Crippen molar-refractivity contribution in [3.8, 4) is 0 Å². The summed E-state index contributed by atoms with van der Waals surface area (Å²) in [5.41, 5.74) is 6.67. The van der Waals surface area contributed by atoms with Gasteiger partial charge in [-0.2, -0.15) is 0 Å². The zero-order valence-corrected chi connectivity index (χ0v) is 11.6. The molecule has 0 fully saturated rings. The molecule has 1 aromatic heterocycles. The largest absolute Gasteiger partial charge is 0.399 e. The summed E-state index contributed by atoms with van der Waals surface area (Å²) in [4.78, 5) is 14.2. The van der Waals surface area contributed by atoms with Crippen LogP contribution < -0.4 is 10.5 Å². The van der Waals surface area contributed by atoms with Crippen LogP contribution in [0.2, 0.25) is 0 Å². The van der Waals surface area contributed by atoms with Gasteiger partial charge in [-0.25, -0.2) is 13.1 Å². The molecule has 106 valence electrons. The molecule has 0 unspecified atom stereocenters. The Kier molecular flexibility index (Phi) is 3.97. The maximum atomic E-state index is 12.1. The summed E-state index contributed by atoms with van der Waals surface area (Å²) >= 11 is 1.28. The zero-order chi connectivity index (χ0) is 14.8. The lowest BCUT2D eigenvalue weighted by Crippen LogP contribution is -2.23. The van der Waals surface area contributed by atoms with Gasteiger partial charge in [0, 0.05) is 29.4 Å². The number of anilines is 1. The number of sulfonamides is 1. The highest BCUT2D eigenvalue weighted by Crippen LogP contribution is 2.26. The third-order valence-corrected chi connectivity index (χ3v) is 4.60. The van der Waals surface area contributed by atoms with Crippen molar-refractivity contribution >= 4 is 32.7 Å². The predicted octanol–water partition coefficient (Wildman–Crippen LogP) is 1.11. The Balaban J connectivity index is 2.33. The highest BCUT2D eigenvalue weighted by Gasteiger charge is 2.25. The van der Waals surface area contributed by atoms with E-state index in [1.807, 2.05) is 0 Å². The van der Waals surface area contributed by atoms with Crippen LogP contribution in [0, 0.1) is 10.1 Å². The van der Waals surface area contributed by atoms with Gasteiger partial charge in [0.15, 0.2) is 4.90 Å². The molecule has 0 aliphatic carbocycles. The second-order valence-electron chi connectivity index (χ2n) is 3.78. The second-order valence-corrected chi connectivity index (χ2v) is 6.48. The lowest BCUT2D eigenvalue weighted by atomic mass is 10.3. The quantitative estimate of drug-likeness (QED) is 0.483. The first kappa shape index (κ1) is 14.4. The van der Waals surface area contributed by atoms with Crippen LogP contribution in [0.4, 0.5) is 11.4 Å². The van der Waals surface area contributed by atoms with Gasteiger partial charge in [0.2, 0.25) is 10.0 Å². The average molecular weight is 314 g/mol. The molecule has 0 atom stereocenters. The fourth-order valence-electron chi connectivity index (χ4n) is 1.47. The number of hydrogen-bond donors (Lipinski definition) is 2. The molecule has 0 saturated carbocycles. The van der Waals surface area contributed by atoms with Crippen LogP contribution in [0.5, 0.6) is 0 Å². The molecule has 0 amide bonds. The van der Waals surface area contributed by atoms with Crippen molar-refractivity contribution in [2.75, 3.05) is 5.73 Å². The van der Waals surface area contributed by atoms with Crippen molar-refractivity contribution in [2.45, 2.75) is 11.4 Å². The normalized spacial score (nSPS) is 11.4. The van der Waals surface area contributed by atoms with Crippen LogP contribution in [0.3, 0.4) is 0 Å². The molecule has 2 aromatic rings. The van der Waals surface area contributed by atoms with E-state index in [1.54, 1.807) is 5.51 Å². The molecule has 10 heteroatoms. The van der Waals surface area contributed by atoms with Gasteiger partial charge in [0.1, 0.15) is 0 Å². The second kappa shape index (κ2) is 5.53. The number of nitro benzene ring substituents is 1. The third kappa shape index (κ3) is 3.10. The van der Waals surface area contributed by atoms with Gasteiger partial charge in [-0.3, -0.25) is 15.1 Å². The maximum Gasteiger partial charge on any atom is 0.289 e. The number of rotatable bonds is 5. The minimum absolute atomic E-state index is 0.0129. The van der Waals surface area contributed by atoms with E-state index >= 15 is 0 Å². The van der Waals surface area contributed by atoms with Gasteiger partial charge in [0.05, 0.1) is 10.4 Å². The van der Waals surface area contributed by atoms with Crippen LogP contribution in [0.1, 0.15) is 4.88 Å². The summed E-state index contributed by atoms with van der Waals surface area (Å²) in [6, 6.07) is 3.41. The fraction of sp³-hybridized carbons (Fsp3) is 0.100. The predicted molar refractivity (Wildman–Crippen MR) is 73.6 cm³/mol. The molecule has 0 spiro atoms. The standard InChI is InChI=1S/C10H10N4O4S2/c11-7-1-2-9(14(15)16)10(3-7)20(17,18)13-5-8-4-12-6-19-8/h1-4,6,13H,5,11H2. The molecule has 2 rings (SSSR count). The summed E-state index contributed by atoms with van der Waals surface area (Å²) in [7, 11) is -4.03. The first-order valence-corrected chi connectivity index (χ1v) is 7.67. The van der Waals surface area contributed by atoms with E-state index in [0.717, 1.165) is 12.1 Å². The summed E-state index contributed by atoms with van der Waals surface area (Å²) < 4.78 is 26.5. The molecular formula is C10H10N4O4S2. The molecule has 8 nitrogen and oxygen atoms in total. The van der Waals surface area contributed by atoms with Gasteiger partial charge in [-0.05, 0) is 12.1 Å². The van der Waals surface area contributed by atoms with E-state index in [9.17, 15) is 18.5 Å². The summed E-state index contributed by atoms with van der Waals surface area (Å²) in [5.74, 6) is 0. The monoisotopic (exact) mass is 314 g/mol. The van der Waals surface area contributed by atoms with Crippen molar-refractivity contribution in [1.29, 1.82) is 0 Å². The molecule has 0 saturated heterocycles. The van der Waals surface area contributed by atoms with Crippen LogP contribution in [0.25, 0.3) is 0 Å². The Labute approximate surface area is 118 Å². The van der Waals surface area contributed by atoms with Gasteiger partial charge >= 0.3 is 0 Å². The van der Waals surface area contributed by atoms with E-state index in [4.69, 9.17) is 5.73 Å². The number of nitrogens with two attached hydrogens (primary N) is 1. The number of nitrogens with one attached hydrogen (secondary N) is 1. The Morgan fingerprint density at radius 1 is 1.45 bits per heavy atom. The lowest BCUT2D eigenvalue weighted by Gasteiger charge is -2.07. The average Bonchev–Trinajstić information content (AvgIpc) is 2.89. The molecule has 3 N–H and O–H groups in total. The van der Waals surface area contributed by atoms with Crippen LogP contribution in [0.15, 0.2) is 34.8 Å². The summed E-state index contributed by atoms with van der Waals surface area (Å²) in [6.07, 6.45) is 1.51. The van der Waals surface area contributed by atoms with Crippen molar-refractivity contribution in [3.63, 3.8) is 0 Å². The molecular weight excluding hydrogens is 304 g/mol. The minimum atomic E-state index is -4.03. The van der Waals surface area contributed by atoms with Crippen LogP contribution in [-0.2, 0) is 16.6 Å². The number of hydrogen-bond acceptors (Lipinski definition) is 7. The Bertz CT molecular complexity index is 728. The molecule has 0 aliphatic rings. The lowest BCUT2D eigenvalue weighted by molar-refractivity contribution is -0.387. The van der Waals surface area contributed by atoms with E-state index in [-0.39, 0.29) is 12.2 Å². The molecule has 1 aromatic carbocycles. The number of benzene rings is 1. The third-order valence-electron chi connectivity index (χ3n) is 2.39. The van der Waals surface area contributed by atoms with Crippen molar-refractivity contribution in [1.82, 2.24) is 9.71 Å². The Morgan fingerprint density at radius 3 is 2.80 bits per heavy atom. The van der Waals surface area contributed by atoms with Gasteiger partial charge in [-0.1, -0.05) is 0 Å². The molecule has 0 aliphatic heterocycles. The Morgan fingerprint density at radius 2 is 2.20 bits per heavy atom. The summed E-state index contributed by atoms with van der Waals surface area (Å²) in [6.45, 7) is 0.0129. The maximum absolute atomic E-state index is 12.1. The summed E-state index contributed by atoms with van der Waals surface area (Å²) in [5, 5.41) is 10.9. The first-order chi connectivity index (χ1) is 9.40. The van der Waals surface area contributed by atoms with E-state index in [0.29, 0.717) is 4.88 Å². The zero-order valence-electron chi connectivity index (χ0n) is 10.0. The highest BCUT2D eigenvalue weighted by molar-refractivity contribution is 7.89. The van der Waals surface area contributed by atoms with Gasteiger partial charge in [-0.15, -0.1) is 11.3 Å². The SMILES string of the molecule is Nc1ccc([N+](=O)[O-])c(S(=O)(=O)NCc2cncs2)c1. The molecule has 0 radical (unpaired) electrons. The van der Waals surface area contributed by atoms with Crippen molar-refractivity contribution < 1.29 is 13.3 Å². The first-order valence-electron chi connectivity index (χ1n) is 5.31. The number of thiazole rings is 1. The van der Waals surface area contributed by atoms with Crippen molar-refractivity contribution in [3.05, 3.63) is 44.9 Å². The molecule has 1 heterocycles. The van der Waals surface area contributed by atoms with Crippen LogP contribution >= 0.6 is 11.3 Å². The highest BCUT2D eigenvalue weighted by atomic mass is 32.2. The molecule has 0 bridgehead atoms. The van der Waals surface area contributed by atoms with E-state index in [1.165, 1.54) is 23.6 Å². The van der Waals surface area contributed by atoms with E-state index < -0.39 is 25.5 Å². The smallest absolute Gasteiger partial charge is 0.289 e. The number of nitrogen functional groups attached to an aromatic ring is 1. The molecule has 20 heavy (non-hydrogen) atoms. The number of nitrogens with zero attached hydrogens (tertiary/aromatic N) is 2. The number of nitro groups is 1. The fourth-order valence-corrected chi connectivity index (χ4v) is 3.31. The topological polar surface area (TPSA) is 128 Å².